The molecular weight excluding hydrogens is 280 g/mol. The zero-order valence-corrected chi connectivity index (χ0v) is 12.1. The number of esters is 1. The molecule has 0 aliphatic carbocycles. The van der Waals surface area contributed by atoms with Gasteiger partial charge < -0.3 is 4.74 Å². The van der Waals surface area contributed by atoms with E-state index in [2.05, 4.69) is 4.72 Å². The maximum absolute atomic E-state index is 11.9. The number of rotatable bonds is 6. The Hall–Kier alpha value is -1.91. The van der Waals surface area contributed by atoms with Crippen LogP contribution in [0.4, 0.5) is 0 Å². The fraction of sp³-hybridized carbons (Fsp3) is 0.385. The van der Waals surface area contributed by atoms with Gasteiger partial charge in [-0.15, -0.1) is 0 Å². The number of benzene rings is 1. The fourth-order valence-electron chi connectivity index (χ4n) is 1.43. The van der Waals surface area contributed by atoms with E-state index in [1.807, 2.05) is 6.07 Å². The van der Waals surface area contributed by atoms with Gasteiger partial charge in [0.2, 0.25) is 10.0 Å². The van der Waals surface area contributed by atoms with Crippen molar-refractivity contribution in [1.82, 2.24) is 4.72 Å². The smallest absolute Gasteiger partial charge is 0.307 e. The van der Waals surface area contributed by atoms with Crippen molar-refractivity contribution in [2.75, 3.05) is 6.54 Å². The summed E-state index contributed by atoms with van der Waals surface area (Å²) in [5.41, 5.74) is 0.257. The molecule has 7 heteroatoms. The lowest BCUT2D eigenvalue weighted by Crippen LogP contribution is -2.27. The lowest BCUT2D eigenvalue weighted by atomic mass is 10.2. The quantitative estimate of drug-likeness (QED) is 0.795. The molecule has 0 aromatic heterocycles. The van der Waals surface area contributed by atoms with Gasteiger partial charge in [0.05, 0.1) is 29.1 Å². The molecule has 0 unspecified atom stereocenters. The topological polar surface area (TPSA) is 96.3 Å². The number of hydrogen-bond acceptors (Lipinski definition) is 5. The third kappa shape index (κ3) is 4.99. The average Bonchev–Trinajstić information content (AvgIpc) is 2.37. The molecule has 1 rings (SSSR count). The predicted octanol–water partition coefficient (Wildman–Crippen LogP) is 1.18. The van der Waals surface area contributed by atoms with Crippen LogP contribution in [-0.2, 0) is 19.6 Å². The Bertz CT molecular complexity index is 618. The third-order valence-corrected chi connectivity index (χ3v) is 3.72. The molecular formula is C13H16N2O4S. The lowest BCUT2D eigenvalue weighted by molar-refractivity contribution is -0.147. The minimum absolute atomic E-state index is 0.00576. The van der Waals surface area contributed by atoms with Gasteiger partial charge in [-0.05, 0) is 32.0 Å². The van der Waals surface area contributed by atoms with E-state index in [1.165, 1.54) is 24.3 Å². The number of nitrogens with one attached hydrogen (secondary N) is 1. The van der Waals surface area contributed by atoms with Crippen molar-refractivity contribution in [2.45, 2.75) is 31.3 Å². The van der Waals surface area contributed by atoms with E-state index in [9.17, 15) is 13.2 Å². The van der Waals surface area contributed by atoms with Crippen molar-refractivity contribution in [2.24, 2.45) is 0 Å². The van der Waals surface area contributed by atoms with Gasteiger partial charge >= 0.3 is 5.97 Å². The number of carbonyl (C=O) groups is 1. The van der Waals surface area contributed by atoms with Gasteiger partial charge in [0.25, 0.3) is 0 Å². The molecule has 0 bridgehead atoms. The Kier molecular flexibility index (Phi) is 5.67. The predicted molar refractivity (Wildman–Crippen MR) is 72.2 cm³/mol. The van der Waals surface area contributed by atoms with E-state index in [1.54, 1.807) is 13.8 Å². The van der Waals surface area contributed by atoms with E-state index in [4.69, 9.17) is 10.00 Å². The van der Waals surface area contributed by atoms with E-state index >= 15 is 0 Å². The maximum atomic E-state index is 11.9. The number of carbonyl (C=O) groups excluding carboxylic acids is 1. The van der Waals surface area contributed by atoms with Crippen LogP contribution in [0.15, 0.2) is 29.2 Å². The third-order valence-electron chi connectivity index (χ3n) is 2.26. The zero-order valence-electron chi connectivity index (χ0n) is 11.3. The van der Waals surface area contributed by atoms with Crippen molar-refractivity contribution < 1.29 is 17.9 Å². The highest BCUT2D eigenvalue weighted by molar-refractivity contribution is 7.89. The van der Waals surface area contributed by atoms with Crippen LogP contribution in [0.1, 0.15) is 25.8 Å². The largest absolute Gasteiger partial charge is 0.463 e. The summed E-state index contributed by atoms with van der Waals surface area (Å²) in [6, 6.07) is 7.53. The summed E-state index contributed by atoms with van der Waals surface area (Å²) in [5.74, 6) is -0.464. The number of hydrogen-bond donors (Lipinski definition) is 1. The molecule has 1 aromatic rings. The van der Waals surface area contributed by atoms with Gasteiger partial charge in [0.15, 0.2) is 0 Å². The lowest BCUT2D eigenvalue weighted by Gasteiger charge is -2.09. The van der Waals surface area contributed by atoms with E-state index in [-0.39, 0.29) is 29.5 Å². The molecule has 0 aliphatic rings. The summed E-state index contributed by atoms with van der Waals surface area (Å²) < 4.78 is 31.0. The molecule has 0 spiro atoms. The number of nitrogens with zero attached hydrogens (tertiary/aromatic N) is 1. The van der Waals surface area contributed by atoms with Crippen LogP contribution in [0.5, 0.6) is 0 Å². The molecule has 0 saturated carbocycles. The van der Waals surface area contributed by atoms with Crippen molar-refractivity contribution in [3.8, 4) is 6.07 Å². The summed E-state index contributed by atoms with van der Waals surface area (Å²) in [4.78, 5) is 11.3. The van der Waals surface area contributed by atoms with Crippen molar-refractivity contribution in [3.05, 3.63) is 29.8 Å². The second-order valence-corrected chi connectivity index (χ2v) is 6.09. The van der Waals surface area contributed by atoms with Gasteiger partial charge in [-0.3, -0.25) is 4.79 Å². The Morgan fingerprint density at radius 2 is 2.15 bits per heavy atom. The first kappa shape index (κ1) is 16.1. The van der Waals surface area contributed by atoms with Crippen LogP contribution in [0.3, 0.4) is 0 Å². The fourth-order valence-corrected chi connectivity index (χ4v) is 2.50. The van der Waals surface area contributed by atoms with Crippen molar-refractivity contribution in [3.63, 3.8) is 0 Å². The number of sulfonamides is 1. The summed E-state index contributed by atoms with van der Waals surface area (Å²) in [5, 5.41) is 8.73. The maximum Gasteiger partial charge on any atom is 0.307 e. The minimum atomic E-state index is -3.73. The van der Waals surface area contributed by atoms with Crippen LogP contribution in [-0.4, -0.2) is 27.0 Å². The summed E-state index contributed by atoms with van der Waals surface area (Å²) in [6.07, 6.45) is -0.276. The Labute approximate surface area is 118 Å². The summed E-state index contributed by atoms with van der Waals surface area (Å²) in [7, 11) is -3.73. The highest BCUT2D eigenvalue weighted by Crippen LogP contribution is 2.10. The molecule has 0 amide bonds. The normalized spacial score (nSPS) is 11.1. The molecule has 1 aromatic carbocycles. The monoisotopic (exact) mass is 296 g/mol. The first-order valence-electron chi connectivity index (χ1n) is 6.04. The van der Waals surface area contributed by atoms with Crippen molar-refractivity contribution >= 4 is 16.0 Å². The summed E-state index contributed by atoms with van der Waals surface area (Å²) in [6.45, 7) is 3.38. The van der Waals surface area contributed by atoms with Crippen molar-refractivity contribution in [1.29, 1.82) is 5.26 Å². The van der Waals surface area contributed by atoms with E-state index in [0.29, 0.717) is 0 Å². The average molecular weight is 296 g/mol. The van der Waals surface area contributed by atoms with Crippen LogP contribution in [0.2, 0.25) is 0 Å². The highest BCUT2D eigenvalue weighted by atomic mass is 32.2. The molecule has 0 radical (unpaired) electrons. The Balaban J connectivity index is 2.62. The van der Waals surface area contributed by atoms with Crippen LogP contribution in [0, 0.1) is 11.3 Å². The molecule has 0 atom stereocenters. The molecule has 0 fully saturated rings. The number of nitriles is 1. The van der Waals surface area contributed by atoms with Crippen LogP contribution in [0.25, 0.3) is 0 Å². The van der Waals surface area contributed by atoms with Gasteiger partial charge in [0.1, 0.15) is 0 Å². The second-order valence-electron chi connectivity index (χ2n) is 4.33. The molecule has 0 heterocycles. The van der Waals surface area contributed by atoms with Crippen LogP contribution >= 0.6 is 0 Å². The molecule has 20 heavy (non-hydrogen) atoms. The zero-order chi connectivity index (χ0) is 15.2. The minimum Gasteiger partial charge on any atom is -0.463 e. The molecule has 0 aliphatic heterocycles. The van der Waals surface area contributed by atoms with Gasteiger partial charge in [-0.2, -0.15) is 5.26 Å². The second kappa shape index (κ2) is 7.03. The molecule has 1 N–H and O–H groups in total. The first-order chi connectivity index (χ1) is 9.35. The first-order valence-corrected chi connectivity index (χ1v) is 7.53. The standard InChI is InChI=1S/C13H16N2O4S/c1-10(2)19-13(16)6-7-15-20(17,18)12-5-3-4-11(8-12)9-14/h3-5,8,10,15H,6-7H2,1-2H3. The summed E-state index contributed by atoms with van der Waals surface area (Å²) >= 11 is 0. The van der Waals surface area contributed by atoms with Gasteiger partial charge in [-0.25, -0.2) is 13.1 Å². The van der Waals surface area contributed by atoms with Gasteiger partial charge in [-0.1, -0.05) is 6.07 Å². The van der Waals surface area contributed by atoms with E-state index in [0.717, 1.165) is 0 Å². The molecule has 6 nitrogen and oxygen atoms in total. The molecule has 108 valence electrons. The Morgan fingerprint density at radius 3 is 2.75 bits per heavy atom. The Morgan fingerprint density at radius 1 is 1.45 bits per heavy atom. The SMILES string of the molecule is CC(C)OC(=O)CCNS(=O)(=O)c1cccc(C#N)c1. The van der Waals surface area contributed by atoms with E-state index < -0.39 is 16.0 Å². The highest BCUT2D eigenvalue weighted by Gasteiger charge is 2.15. The molecule has 0 saturated heterocycles. The van der Waals surface area contributed by atoms with Gasteiger partial charge in [0, 0.05) is 6.54 Å². The van der Waals surface area contributed by atoms with Crippen LogP contribution < -0.4 is 4.72 Å². The number of ether oxygens (including phenoxy) is 1.